The van der Waals surface area contributed by atoms with Crippen molar-refractivity contribution in [2.45, 2.75) is 43.4 Å². The summed E-state index contributed by atoms with van der Waals surface area (Å²) < 4.78 is 12.0. The average molecular weight is 501 g/mol. The number of amides is 2. The van der Waals surface area contributed by atoms with E-state index in [0.29, 0.717) is 49.5 Å². The second-order valence-corrected chi connectivity index (χ2v) is 9.81. The Kier molecular flexibility index (Phi) is 6.70. The molecule has 1 spiro atoms. The Morgan fingerprint density at radius 1 is 1.06 bits per heavy atom. The van der Waals surface area contributed by atoms with Crippen molar-refractivity contribution in [3.63, 3.8) is 0 Å². The van der Waals surface area contributed by atoms with Crippen LogP contribution in [-0.2, 0) is 23.9 Å². The molecule has 8 nitrogen and oxygen atoms in total. The molecule has 186 valence electrons. The van der Waals surface area contributed by atoms with Gasteiger partial charge >= 0.3 is 5.97 Å². The van der Waals surface area contributed by atoms with Crippen LogP contribution < -0.4 is 4.90 Å². The summed E-state index contributed by atoms with van der Waals surface area (Å²) >= 11 is 6.06. The monoisotopic (exact) mass is 500 g/mol. The fourth-order valence-corrected chi connectivity index (χ4v) is 5.90. The first-order valence-corrected chi connectivity index (χ1v) is 12.5. The van der Waals surface area contributed by atoms with Crippen LogP contribution in [0.3, 0.4) is 0 Å². The highest BCUT2D eigenvalue weighted by Gasteiger charge is 2.71. The summed E-state index contributed by atoms with van der Waals surface area (Å²) in [7, 11) is 0. The molecular formula is C26H29ClN2O6. The molecule has 4 aliphatic rings. The molecule has 2 amide bonds. The summed E-state index contributed by atoms with van der Waals surface area (Å²) in [5.74, 6) is -2.66. The van der Waals surface area contributed by atoms with Gasteiger partial charge in [-0.1, -0.05) is 35.9 Å². The average Bonchev–Trinajstić information content (AvgIpc) is 3.21. The van der Waals surface area contributed by atoms with Gasteiger partial charge in [-0.25, -0.2) is 0 Å². The van der Waals surface area contributed by atoms with Gasteiger partial charge in [0.25, 0.3) is 5.91 Å². The van der Waals surface area contributed by atoms with Gasteiger partial charge in [0.2, 0.25) is 5.91 Å². The molecule has 2 fully saturated rings. The lowest BCUT2D eigenvalue weighted by Gasteiger charge is -2.35. The number of rotatable bonds is 6. The van der Waals surface area contributed by atoms with E-state index in [1.165, 1.54) is 0 Å². The van der Waals surface area contributed by atoms with Crippen LogP contribution in [0.2, 0.25) is 5.02 Å². The third-order valence-corrected chi connectivity index (χ3v) is 7.57. The quantitative estimate of drug-likeness (QED) is 0.366. The maximum atomic E-state index is 14.1. The minimum atomic E-state index is -1.27. The molecule has 0 saturated carbocycles. The lowest BCUT2D eigenvalue weighted by atomic mass is 9.77. The van der Waals surface area contributed by atoms with Crippen LogP contribution in [0.5, 0.6) is 0 Å². The van der Waals surface area contributed by atoms with Gasteiger partial charge in [-0.2, -0.15) is 0 Å². The number of anilines is 1. The zero-order valence-corrected chi connectivity index (χ0v) is 20.1. The number of halogens is 1. The number of hydrogen-bond donors (Lipinski definition) is 1. The SMILES string of the molecule is O=C1OCCC=C[C@H]2O[C@]34C=CCN(c5ccc(Cl)cc5)C(=O)C3N(CCCCCO)C(=O)[C@@H]4[C@@H]12. The van der Waals surface area contributed by atoms with Crippen molar-refractivity contribution >= 4 is 35.1 Å². The normalized spacial score (nSPS) is 32.0. The molecule has 0 aliphatic carbocycles. The molecule has 1 aromatic carbocycles. The minimum absolute atomic E-state index is 0.0704. The molecule has 9 heteroatoms. The number of fused-ring (bicyclic) bond motifs is 2. The summed E-state index contributed by atoms with van der Waals surface area (Å²) in [6.45, 7) is 0.958. The largest absolute Gasteiger partial charge is 0.465 e. The van der Waals surface area contributed by atoms with E-state index >= 15 is 0 Å². The highest BCUT2D eigenvalue weighted by atomic mass is 35.5. The van der Waals surface area contributed by atoms with Crippen molar-refractivity contribution in [3.8, 4) is 0 Å². The van der Waals surface area contributed by atoms with Crippen molar-refractivity contribution in [2.75, 3.05) is 31.2 Å². The number of esters is 1. The van der Waals surface area contributed by atoms with Crippen LogP contribution in [0.25, 0.3) is 0 Å². The highest BCUT2D eigenvalue weighted by Crippen LogP contribution is 2.53. The number of cyclic esters (lactones) is 1. The molecule has 0 bridgehead atoms. The van der Waals surface area contributed by atoms with Gasteiger partial charge in [-0.3, -0.25) is 14.4 Å². The van der Waals surface area contributed by atoms with Gasteiger partial charge in [-0.05, 0) is 49.9 Å². The van der Waals surface area contributed by atoms with E-state index < -0.39 is 35.6 Å². The Balaban J connectivity index is 1.56. The van der Waals surface area contributed by atoms with Crippen LogP contribution in [0, 0.1) is 11.8 Å². The number of nitrogens with zero attached hydrogens (tertiary/aromatic N) is 2. The lowest BCUT2D eigenvalue weighted by molar-refractivity contribution is -0.154. The van der Waals surface area contributed by atoms with Gasteiger partial charge in [0.15, 0.2) is 0 Å². The van der Waals surface area contributed by atoms with Crippen molar-refractivity contribution in [2.24, 2.45) is 11.8 Å². The summed E-state index contributed by atoms with van der Waals surface area (Å²) in [6.07, 6.45) is 9.27. The van der Waals surface area contributed by atoms with Crippen LogP contribution in [-0.4, -0.2) is 71.8 Å². The molecular weight excluding hydrogens is 472 g/mol. The first-order valence-electron chi connectivity index (χ1n) is 12.1. The predicted octanol–water partition coefficient (Wildman–Crippen LogP) is 2.49. The predicted molar refractivity (Wildman–Crippen MR) is 129 cm³/mol. The maximum Gasteiger partial charge on any atom is 0.312 e. The number of aliphatic hydroxyl groups is 1. The van der Waals surface area contributed by atoms with E-state index in [2.05, 4.69) is 0 Å². The number of carbonyl (C=O) groups is 3. The van der Waals surface area contributed by atoms with Crippen molar-refractivity contribution in [1.29, 1.82) is 0 Å². The summed E-state index contributed by atoms with van der Waals surface area (Å²) in [4.78, 5) is 44.3. The minimum Gasteiger partial charge on any atom is -0.465 e. The van der Waals surface area contributed by atoms with Gasteiger partial charge in [-0.15, -0.1) is 0 Å². The molecule has 4 heterocycles. The van der Waals surface area contributed by atoms with Gasteiger partial charge in [0.1, 0.15) is 17.6 Å². The number of hydrogen-bond acceptors (Lipinski definition) is 6. The van der Waals surface area contributed by atoms with E-state index in [9.17, 15) is 14.4 Å². The Hall–Kier alpha value is -2.68. The Morgan fingerprint density at radius 2 is 1.86 bits per heavy atom. The molecule has 0 radical (unpaired) electrons. The molecule has 1 N–H and O–H groups in total. The number of benzene rings is 1. The van der Waals surface area contributed by atoms with E-state index in [1.54, 1.807) is 34.1 Å². The third-order valence-electron chi connectivity index (χ3n) is 7.32. The molecule has 4 aliphatic heterocycles. The van der Waals surface area contributed by atoms with E-state index in [-0.39, 0.29) is 25.0 Å². The highest BCUT2D eigenvalue weighted by molar-refractivity contribution is 6.30. The molecule has 5 rings (SSSR count). The number of likely N-dealkylation sites (tertiary alicyclic amines) is 1. The zero-order valence-electron chi connectivity index (χ0n) is 19.3. The van der Waals surface area contributed by atoms with Gasteiger partial charge < -0.3 is 24.4 Å². The Morgan fingerprint density at radius 3 is 2.63 bits per heavy atom. The standard InChI is InChI=1S/C26H29ClN2O6/c27-17-8-10-18(11-9-17)28-14-6-12-26-21(20-19(35-26)7-2-5-16-34-25(20)33)23(31)29(22(26)24(28)32)13-3-1-4-15-30/h2,6-12,19-22,30H,1,3-5,13-16H2/t19-,20+,21+,22?,26+/m1/s1. The summed E-state index contributed by atoms with van der Waals surface area (Å²) in [5, 5.41) is 9.72. The fourth-order valence-electron chi connectivity index (χ4n) is 5.77. The van der Waals surface area contributed by atoms with E-state index in [1.807, 2.05) is 24.3 Å². The topological polar surface area (TPSA) is 96.4 Å². The number of unbranched alkanes of at least 4 members (excludes halogenated alkanes) is 2. The number of ether oxygens (including phenoxy) is 2. The van der Waals surface area contributed by atoms with Crippen molar-refractivity contribution in [1.82, 2.24) is 4.90 Å². The second kappa shape index (κ2) is 9.76. The molecule has 1 unspecified atom stereocenters. The van der Waals surface area contributed by atoms with Crippen molar-refractivity contribution in [3.05, 3.63) is 53.6 Å². The molecule has 5 atom stereocenters. The molecule has 35 heavy (non-hydrogen) atoms. The van der Waals surface area contributed by atoms with Crippen LogP contribution in [0.4, 0.5) is 5.69 Å². The smallest absolute Gasteiger partial charge is 0.312 e. The molecule has 0 aromatic heterocycles. The van der Waals surface area contributed by atoms with Crippen LogP contribution >= 0.6 is 11.6 Å². The first kappa shape index (κ1) is 24.0. The number of aliphatic hydroxyl groups excluding tert-OH is 1. The third kappa shape index (κ3) is 4.07. The molecule has 2 saturated heterocycles. The van der Waals surface area contributed by atoms with Crippen LogP contribution in [0.1, 0.15) is 25.7 Å². The summed E-state index contributed by atoms with van der Waals surface area (Å²) in [6, 6.07) is 6.07. The van der Waals surface area contributed by atoms with Crippen LogP contribution in [0.15, 0.2) is 48.6 Å². The van der Waals surface area contributed by atoms with E-state index in [0.717, 1.165) is 0 Å². The first-order chi connectivity index (χ1) is 17.0. The Bertz CT molecular complexity index is 1060. The number of carbonyl (C=O) groups excluding carboxylic acids is 3. The van der Waals surface area contributed by atoms with Gasteiger partial charge in [0, 0.05) is 30.4 Å². The second-order valence-electron chi connectivity index (χ2n) is 9.37. The summed E-state index contributed by atoms with van der Waals surface area (Å²) in [5.41, 5.74) is -0.601. The fraction of sp³-hybridized carbons (Fsp3) is 0.500. The molecule has 1 aromatic rings. The van der Waals surface area contributed by atoms with E-state index in [4.69, 9.17) is 26.2 Å². The zero-order chi connectivity index (χ0) is 24.6. The van der Waals surface area contributed by atoms with Crippen molar-refractivity contribution < 1.29 is 29.0 Å². The Labute approximate surface area is 209 Å². The lowest BCUT2D eigenvalue weighted by Crippen LogP contribution is -2.55. The van der Waals surface area contributed by atoms with Gasteiger partial charge in [0.05, 0.1) is 18.6 Å². The maximum absolute atomic E-state index is 14.1.